The molecule has 0 amide bonds. The number of para-hydroxylation sites is 1. The van der Waals surface area contributed by atoms with Crippen molar-refractivity contribution in [2.75, 3.05) is 106 Å². The van der Waals surface area contributed by atoms with Gasteiger partial charge in [-0.15, -0.1) is 0 Å². The zero-order chi connectivity index (χ0) is 32.5. The fourth-order valence-electron chi connectivity index (χ4n) is 3.74. The Morgan fingerprint density at radius 3 is 1.20 bits per heavy atom. The van der Waals surface area contributed by atoms with Gasteiger partial charge in [-0.25, -0.2) is 4.79 Å². The fourth-order valence-corrected chi connectivity index (χ4v) is 3.74. The number of carbonyl (C=O) groups excluding carboxylic acids is 2. The highest BCUT2D eigenvalue weighted by atomic mass is 16.6. The van der Waals surface area contributed by atoms with E-state index in [1.165, 1.54) is 6.92 Å². The van der Waals surface area contributed by atoms with Crippen molar-refractivity contribution in [1.82, 2.24) is 0 Å². The molecule has 0 heterocycles. The molecule has 0 aromatic heterocycles. The monoisotopic (exact) mass is 644 g/mol. The summed E-state index contributed by atoms with van der Waals surface area (Å²) < 4.78 is 49.1. The molecule has 0 atom stereocenters. The minimum Gasteiger partial charge on any atom is -0.462 e. The van der Waals surface area contributed by atoms with Crippen LogP contribution in [0.4, 0.5) is 0 Å². The van der Waals surface area contributed by atoms with Gasteiger partial charge in [0.15, 0.2) is 0 Å². The standard InChI is InChI=1S/C33H56O12/c1-30(35)45-32-13-3-2-12-31(32)33(36)44-29-11-28-43-27-10-26-42-25-9-24-41-23-8-22-40-21-7-20-39-19-6-18-38-17-5-16-37-15-4-14-34/h2-3,12-13,34H,4-11,14-29H2,1H3. The van der Waals surface area contributed by atoms with Crippen LogP contribution < -0.4 is 4.74 Å². The summed E-state index contributed by atoms with van der Waals surface area (Å²) in [5.41, 5.74) is 0.220. The Labute approximate surface area is 268 Å². The van der Waals surface area contributed by atoms with Gasteiger partial charge in [-0.1, -0.05) is 12.1 Å². The summed E-state index contributed by atoms with van der Waals surface area (Å²) in [7, 11) is 0. The second-order valence-corrected chi connectivity index (χ2v) is 10.1. The van der Waals surface area contributed by atoms with Crippen LogP contribution in [0.1, 0.15) is 68.6 Å². The first-order valence-electron chi connectivity index (χ1n) is 16.2. The molecule has 0 bridgehead atoms. The second kappa shape index (κ2) is 31.8. The summed E-state index contributed by atoms with van der Waals surface area (Å²) in [4.78, 5) is 23.4. The average molecular weight is 645 g/mol. The average Bonchev–Trinajstić information content (AvgIpc) is 3.03. The molecule has 12 heteroatoms. The van der Waals surface area contributed by atoms with Crippen molar-refractivity contribution in [3.05, 3.63) is 29.8 Å². The smallest absolute Gasteiger partial charge is 0.341 e. The molecule has 1 aromatic carbocycles. The number of rotatable bonds is 33. The van der Waals surface area contributed by atoms with Crippen molar-refractivity contribution in [3.63, 3.8) is 0 Å². The number of esters is 2. The molecule has 12 nitrogen and oxygen atoms in total. The third-order valence-corrected chi connectivity index (χ3v) is 5.94. The topological polar surface area (TPSA) is 137 Å². The van der Waals surface area contributed by atoms with Crippen molar-refractivity contribution in [1.29, 1.82) is 0 Å². The van der Waals surface area contributed by atoms with Gasteiger partial charge >= 0.3 is 11.9 Å². The van der Waals surface area contributed by atoms with E-state index >= 15 is 0 Å². The largest absolute Gasteiger partial charge is 0.462 e. The maximum atomic E-state index is 12.2. The lowest BCUT2D eigenvalue weighted by Gasteiger charge is -2.09. The normalized spacial score (nSPS) is 11.2. The quantitative estimate of drug-likeness (QED) is 0.0673. The number of hydrogen-bond acceptors (Lipinski definition) is 12. The fraction of sp³-hybridized carbons (Fsp3) is 0.758. The third kappa shape index (κ3) is 26.7. The molecule has 0 saturated carbocycles. The molecular weight excluding hydrogens is 588 g/mol. The van der Waals surface area contributed by atoms with Gasteiger partial charge in [0.05, 0.1) is 6.61 Å². The van der Waals surface area contributed by atoms with Gasteiger partial charge in [0.25, 0.3) is 0 Å². The number of carbonyl (C=O) groups is 2. The summed E-state index contributed by atoms with van der Waals surface area (Å²) in [6.45, 7) is 10.7. The lowest BCUT2D eigenvalue weighted by atomic mass is 10.2. The SMILES string of the molecule is CC(=O)Oc1ccccc1C(=O)OCCCOCCCOCCCOCCCOCCCOCCCOCCCOCCCO. The maximum absolute atomic E-state index is 12.2. The highest BCUT2D eigenvalue weighted by Gasteiger charge is 2.14. The highest BCUT2D eigenvalue weighted by molar-refractivity contribution is 5.93. The number of ether oxygens (including phenoxy) is 9. The Bertz CT molecular complexity index is 823. The maximum Gasteiger partial charge on any atom is 0.341 e. The van der Waals surface area contributed by atoms with E-state index in [2.05, 4.69) is 0 Å². The van der Waals surface area contributed by atoms with Crippen LogP contribution in [0.5, 0.6) is 5.75 Å². The first-order chi connectivity index (χ1) is 22.1. The van der Waals surface area contributed by atoms with E-state index < -0.39 is 11.9 Å². The van der Waals surface area contributed by atoms with Gasteiger partial charge in [-0.3, -0.25) is 4.79 Å². The van der Waals surface area contributed by atoms with Crippen LogP contribution in [0, 0.1) is 0 Å². The molecule has 1 N–H and O–H groups in total. The van der Waals surface area contributed by atoms with Crippen molar-refractivity contribution in [2.24, 2.45) is 0 Å². The molecule has 260 valence electrons. The van der Waals surface area contributed by atoms with E-state index in [1.807, 2.05) is 0 Å². The highest BCUT2D eigenvalue weighted by Crippen LogP contribution is 2.19. The molecule has 0 unspecified atom stereocenters. The Hall–Kier alpha value is -2.16. The number of benzene rings is 1. The van der Waals surface area contributed by atoms with E-state index in [0.717, 1.165) is 38.5 Å². The van der Waals surface area contributed by atoms with Crippen LogP contribution in [-0.2, 0) is 42.7 Å². The number of hydrogen-bond donors (Lipinski definition) is 1. The predicted octanol–water partition coefficient (Wildman–Crippen LogP) is 4.00. The van der Waals surface area contributed by atoms with Crippen molar-refractivity contribution >= 4 is 11.9 Å². The zero-order valence-corrected chi connectivity index (χ0v) is 27.2. The molecule has 1 rings (SSSR count). The van der Waals surface area contributed by atoms with Gasteiger partial charge in [0.1, 0.15) is 11.3 Å². The Morgan fingerprint density at radius 2 is 0.844 bits per heavy atom. The summed E-state index contributed by atoms with van der Waals surface area (Å²) in [5, 5.41) is 8.66. The van der Waals surface area contributed by atoms with E-state index in [1.54, 1.807) is 24.3 Å². The molecule has 1 aromatic rings. The summed E-state index contributed by atoms with van der Waals surface area (Å²) in [5.74, 6) is -0.836. The molecule has 0 radical (unpaired) electrons. The van der Waals surface area contributed by atoms with E-state index in [9.17, 15) is 9.59 Å². The van der Waals surface area contributed by atoms with E-state index in [-0.39, 0.29) is 24.5 Å². The van der Waals surface area contributed by atoms with Crippen LogP contribution in [0.15, 0.2) is 24.3 Å². The summed E-state index contributed by atoms with van der Waals surface area (Å²) >= 11 is 0. The zero-order valence-electron chi connectivity index (χ0n) is 27.2. The van der Waals surface area contributed by atoms with E-state index in [4.69, 9.17) is 47.7 Å². The van der Waals surface area contributed by atoms with Gasteiger partial charge in [0.2, 0.25) is 0 Å². The lowest BCUT2D eigenvalue weighted by molar-refractivity contribution is -0.131. The molecular formula is C33H56O12. The first kappa shape index (κ1) is 40.9. The van der Waals surface area contributed by atoms with Crippen molar-refractivity contribution in [2.45, 2.75) is 58.3 Å². The summed E-state index contributed by atoms with van der Waals surface area (Å²) in [6, 6.07) is 6.48. The van der Waals surface area contributed by atoms with Gasteiger partial charge in [-0.05, 0) is 57.1 Å². The van der Waals surface area contributed by atoms with Gasteiger partial charge < -0.3 is 47.7 Å². The van der Waals surface area contributed by atoms with Crippen molar-refractivity contribution in [3.8, 4) is 5.75 Å². The molecule has 0 aliphatic rings. The van der Waals surface area contributed by atoms with Gasteiger partial charge in [-0.2, -0.15) is 0 Å². The van der Waals surface area contributed by atoms with Crippen LogP contribution in [0.2, 0.25) is 0 Å². The Morgan fingerprint density at radius 1 is 0.511 bits per heavy atom. The number of aliphatic hydroxyl groups excluding tert-OH is 1. The molecule has 0 spiro atoms. The van der Waals surface area contributed by atoms with Crippen molar-refractivity contribution < 1.29 is 57.3 Å². The lowest BCUT2D eigenvalue weighted by Crippen LogP contribution is -2.12. The first-order valence-corrected chi connectivity index (χ1v) is 16.2. The molecule has 0 fully saturated rings. The van der Waals surface area contributed by atoms with Crippen LogP contribution in [0.25, 0.3) is 0 Å². The van der Waals surface area contributed by atoms with Crippen LogP contribution >= 0.6 is 0 Å². The molecule has 0 aliphatic carbocycles. The van der Waals surface area contributed by atoms with Crippen LogP contribution in [-0.4, -0.2) is 123 Å². The van der Waals surface area contributed by atoms with Crippen LogP contribution in [0.3, 0.4) is 0 Å². The second-order valence-electron chi connectivity index (χ2n) is 10.1. The minimum absolute atomic E-state index is 0.172. The number of aliphatic hydroxyl groups is 1. The molecule has 45 heavy (non-hydrogen) atoms. The third-order valence-electron chi connectivity index (χ3n) is 5.94. The summed E-state index contributed by atoms with van der Waals surface area (Å²) in [6.07, 6.45) is 6.38. The Kier molecular flexibility index (Phi) is 28.9. The molecule has 0 aliphatic heterocycles. The minimum atomic E-state index is -0.533. The predicted molar refractivity (Wildman–Crippen MR) is 168 cm³/mol. The Balaban J connectivity index is 1.73. The molecule has 0 saturated heterocycles. The van der Waals surface area contributed by atoms with E-state index in [0.29, 0.717) is 105 Å². The van der Waals surface area contributed by atoms with Gasteiger partial charge in [0, 0.05) is 112 Å².